The van der Waals surface area contributed by atoms with Crippen LogP contribution in [-0.2, 0) is 0 Å². The number of hydrogen-bond acceptors (Lipinski definition) is 0. The van der Waals surface area contributed by atoms with Crippen molar-refractivity contribution in [1.29, 1.82) is 0 Å². The van der Waals surface area contributed by atoms with Crippen LogP contribution in [0.15, 0.2) is 12.2 Å². The first-order valence-corrected chi connectivity index (χ1v) is 9.07. The van der Waals surface area contributed by atoms with Gasteiger partial charge in [0.05, 0.1) is 0 Å². The van der Waals surface area contributed by atoms with Crippen LogP contribution in [0.1, 0.15) is 72.6 Å². The van der Waals surface area contributed by atoms with Crippen LogP contribution in [0, 0.1) is 39.9 Å². The molecule has 0 aromatic carbocycles. The maximum absolute atomic E-state index is 2.73. The van der Waals surface area contributed by atoms with Gasteiger partial charge in [-0.15, -0.1) is 0 Å². The summed E-state index contributed by atoms with van der Waals surface area (Å²) < 4.78 is 0. The van der Waals surface area contributed by atoms with Gasteiger partial charge in [-0.05, 0) is 78.4 Å². The zero-order chi connectivity index (χ0) is 14.2. The highest BCUT2D eigenvalue weighted by Crippen LogP contribution is 2.69. The average Bonchev–Trinajstić information content (AvgIpc) is 2.58. The van der Waals surface area contributed by atoms with Gasteiger partial charge in [0, 0.05) is 0 Å². The van der Waals surface area contributed by atoms with Crippen LogP contribution in [0.2, 0.25) is 0 Å². The van der Waals surface area contributed by atoms with Gasteiger partial charge in [0.25, 0.3) is 0 Å². The molecule has 0 nitrogen and oxygen atoms in total. The minimum Gasteiger partial charge on any atom is -0.0838 e. The van der Waals surface area contributed by atoms with Gasteiger partial charge in [-0.1, -0.05) is 46.3 Å². The maximum Gasteiger partial charge on any atom is -0.00791 e. The fourth-order valence-electron chi connectivity index (χ4n) is 7.40. The Hall–Kier alpha value is -0.260. The zero-order valence-corrected chi connectivity index (χ0v) is 13.9. The van der Waals surface area contributed by atoms with Crippen LogP contribution in [0.3, 0.4) is 0 Å². The van der Waals surface area contributed by atoms with Crippen molar-refractivity contribution >= 4 is 0 Å². The molecule has 4 aliphatic carbocycles. The lowest BCUT2D eigenvalue weighted by molar-refractivity contribution is -0.0785. The molecule has 0 heteroatoms. The summed E-state index contributed by atoms with van der Waals surface area (Å²) in [6, 6.07) is 0. The molecule has 4 rings (SSSR count). The third-order valence-electron chi connectivity index (χ3n) is 8.17. The smallest absolute Gasteiger partial charge is 0.00791 e. The van der Waals surface area contributed by atoms with E-state index in [1.54, 1.807) is 0 Å². The molecule has 0 aliphatic heterocycles. The summed E-state index contributed by atoms with van der Waals surface area (Å²) in [6.45, 7) is 10.2. The van der Waals surface area contributed by atoms with Gasteiger partial charge < -0.3 is 0 Å². The largest absolute Gasteiger partial charge is 0.0838 e. The summed E-state index contributed by atoms with van der Waals surface area (Å²) in [7, 11) is 0. The fraction of sp³-hybridized carbons (Fsp3) is 0.900. The van der Waals surface area contributed by atoms with Gasteiger partial charge >= 0.3 is 0 Å². The van der Waals surface area contributed by atoms with Gasteiger partial charge in [0.2, 0.25) is 0 Å². The summed E-state index contributed by atoms with van der Waals surface area (Å²) >= 11 is 0. The van der Waals surface area contributed by atoms with E-state index in [1.165, 1.54) is 44.9 Å². The molecule has 3 fully saturated rings. The molecule has 0 saturated heterocycles. The van der Waals surface area contributed by atoms with Crippen LogP contribution >= 0.6 is 0 Å². The van der Waals surface area contributed by atoms with Crippen molar-refractivity contribution in [3.8, 4) is 0 Å². The molecule has 0 heterocycles. The van der Waals surface area contributed by atoms with E-state index in [0.29, 0.717) is 16.2 Å². The summed E-state index contributed by atoms with van der Waals surface area (Å²) in [5, 5.41) is 0. The molecule has 112 valence electrons. The standard InChI is InChI=1S/C20H32/c1-14-12-20-11-8-16-18(2,3)9-5-10-19(16,4)17(20)7-6-15(14)13-20/h8,11,14-17H,5-7,9-10,12-13H2,1-4H3/t14-,15-,16+,17-,19+,20+/m1/s1. The SMILES string of the molecule is C[C@@H]1C[C@]23C=C[C@H]4C(C)(C)CCC[C@]4(C)[C@H]2CC[C@@H]1C3. The first-order chi connectivity index (χ1) is 9.37. The highest BCUT2D eigenvalue weighted by molar-refractivity contribution is 5.23. The molecule has 0 aromatic heterocycles. The van der Waals surface area contributed by atoms with E-state index in [0.717, 1.165) is 23.7 Å². The molecule has 0 amide bonds. The summed E-state index contributed by atoms with van der Waals surface area (Å²) in [4.78, 5) is 0. The zero-order valence-electron chi connectivity index (χ0n) is 13.9. The van der Waals surface area contributed by atoms with E-state index in [4.69, 9.17) is 0 Å². The van der Waals surface area contributed by atoms with Crippen LogP contribution < -0.4 is 0 Å². The first-order valence-electron chi connectivity index (χ1n) is 9.07. The van der Waals surface area contributed by atoms with Crippen LogP contribution in [0.5, 0.6) is 0 Å². The monoisotopic (exact) mass is 272 g/mol. The van der Waals surface area contributed by atoms with Crippen molar-refractivity contribution in [3.05, 3.63) is 12.2 Å². The average molecular weight is 272 g/mol. The van der Waals surface area contributed by atoms with E-state index < -0.39 is 0 Å². The Labute approximate surface area is 125 Å². The molecular weight excluding hydrogens is 240 g/mol. The van der Waals surface area contributed by atoms with E-state index in [2.05, 4.69) is 39.8 Å². The number of allylic oxidation sites excluding steroid dienone is 2. The third-order valence-corrected chi connectivity index (χ3v) is 8.17. The minimum atomic E-state index is 0.520. The van der Waals surface area contributed by atoms with Crippen molar-refractivity contribution in [2.45, 2.75) is 72.6 Å². The minimum absolute atomic E-state index is 0.520. The molecule has 6 atom stereocenters. The number of hydrogen-bond donors (Lipinski definition) is 0. The molecule has 2 bridgehead atoms. The van der Waals surface area contributed by atoms with E-state index in [1.807, 2.05) is 0 Å². The summed E-state index contributed by atoms with van der Waals surface area (Å²) in [5.41, 5.74) is 1.71. The molecule has 0 unspecified atom stereocenters. The van der Waals surface area contributed by atoms with Crippen LogP contribution in [-0.4, -0.2) is 0 Å². The van der Waals surface area contributed by atoms with E-state index in [9.17, 15) is 0 Å². The first kappa shape index (κ1) is 13.4. The Morgan fingerprint density at radius 3 is 2.60 bits per heavy atom. The summed E-state index contributed by atoms with van der Waals surface area (Å²) in [5.74, 6) is 3.81. The predicted molar refractivity (Wildman–Crippen MR) is 85.4 cm³/mol. The second kappa shape index (κ2) is 3.93. The Balaban J connectivity index is 1.79. The normalized spacial score (nSPS) is 56.2. The fourth-order valence-corrected chi connectivity index (χ4v) is 7.40. The third kappa shape index (κ3) is 1.54. The number of fused-ring (bicyclic) bond motifs is 3. The molecule has 20 heavy (non-hydrogen) atoms. The van der Waals surface area contributed by atoms with Crippen LogP contribution in [0.4, 0.5) is 0 Å². The molecule has 1 spiro atoms. The molecule has 4 aliphatic rings. The molecule has 0 N–H and O–H groups in total. The van der Waals surface area contributed by atoms with Gasteiger partial charge in [-0.3, -0.25) is 0 Å². The van der Waals surface area contributed by atoms with Crippen molar-refractivity contribution in [2.75, 3.05) is 0 Å². The van der Waals surface area contributed by atoms with Crippen molar-refractivity contribution < 1.29 is 0 Å². The maximum atomic E-state index is 2.73. The highest BCUT2D eigenvalue weighted by Gasteiger charge is 2.61. The second-order valence-electron chi connectivity index (χ2n) is 9.69. The van der Waals surface area contributed by atoms with Crippen molar-refractivity contribution in [1.82, 2.24) is 0 Å². The van der Waals surface area contributed by atoms with E-state index >= 15 is 0 Å². The second-order valence-corrected chi connectivity index (χ2v) is 9.69. The molecule has 3 saturated carbocycles. The van der Waals surface area contributed by atoms with Crippen molar-refractivity contribution in [2.24, 2.45) is 39.9 Å². The molecule has 0 radical (unpaired) electrons. The number of rotatable bonds is 0. The lowest BCUT2D eigenvalue weighted by Gasteiger charge is -2.61. The lowest BCUT2D eigenvalue weighted by atomic mass is 9.43. The van der Waals surface area contributed by atoms with Gasteiger partial charge in [0.1, 0.15) is 0 Å². The Morgan fingerprint density at radius 2 is 1.80 bits per heavy atom. The summed E-state index contributed by atoms with van der Waals surface area (Å²) in [6.07, 6.45) is 15.8. The van der Waals surface area contributed by atoms with Crippen LogP contribution in [0.25, 0.3) is 0 Å². The predicted octanol–water partition coefficient (Wildman–Crippen LogP) is 5.83. The van der Waals surface area contributed by atoms with E-state index in [-0.39, 0.29) is 0 Å². The van der Waals surface area contributed by atoms with Gasteiger partial charge in [-0.2, -0.15) is 0 Å². The highest BCUT2D eigenvalue weighted by atomic mass is 14.7. The molecular formula is C20H32. The Bertz CT molecular complexity index is 441. The quantitative estimate of drug-likeness (QED) is 0.487. The lowest BCUT2D eigenvalue weighted by Crippen LogP contribution is -2.53. The van der Waals surface area contributed by atoms with Gasteiger partial charge in [-0.25, -0.2) is 0 Å². The molecule has 0 aromatic rings. The van der Waals surface area contributed by atoms with Crippen molar-refractivity contribution in [3.63, 3.8) is 0 Å². The Kier molecular flexibility index (Phi) is 2.63. The Morgan fingerprint density at radius 1 is 1.00 bits per heavy atom. The van der Waals surface area contributed by atoms with Gasteiger partial charge in [0.15, 0.2) is 0 Å². The topological polar surface area (TPSA) is 0 Å².